The molecule has 0 fully saturated rings. The zero-order chi connectivity index (χ0) is 11.7. The molecule has 0 aliphatic rings. The lowest BCUT2D eigenvalue weighted by atomic mass is 10.1. The first-order valence-corrected chi connectivity index (χ1v) is 5.25. The van der Waals surface area contributed by atoms with Gasteiger partial charge < -0.3 is 5.73 Å². The Morgan fingerprint density at radius 2 is 1.63 bits per heavy atom. The Morgan fingerprint density at radius 3 is 2.37 bits per heavy atom. The van der Waals surface area contributed by atoms with Gasteiger partial charge in [0.15, 0.2) is 5.65 Å². The second-order valence-electron chi connectivity index (χ2n) is 3.74. The molecule has 2 N–H and O–H groups in total. The van der Waals surface area contributed by atoms with Crippen LogP contribution in [0.3, 0.4) is 0 Å². The minimum Gasteiger partial charge on any atom is -0.384 e. The second kappa shape index (κ2) is 6.31. The standard InChI is InChI=1S/C13H10N4.2ClH/c14-12-2-1-10-7-11(8-16-13(10)17-12)9-3-5-15-6-4-9;;/h1-8H,(H2,14,16,17);2*1H. The van der Waals surface area contributed by atoms with Crippen LogP contribution >= 0.6 is 24.8 Å². The number of hydrogen-bond donors (Lipinski definition) is 1. The van der Waals surface area contributed by atoms with Crippen molar-refractivity contribution in [1.29, 1.82) is 0 Å². The van der Waals surface area contributed by atoms with Crippen LogP contribution in [0, 0.1) is 0 Å². The third-order valence-electron chi connectivity index (χ3n) is 2.58. The number of rotatable bonds is 1. The third kappa shape index (κ3) is 3.10. The Bertz CT molecular complexity index is 674. The predicted molar refractivity (Wildman–Crippen MR) is 81.7 cm³/mol. The molecule has 0 amide bonds. The zero-order valence-electron chi connectivity index (χ0n) is 9.85. The lowest BCUT2D eigenvalue weighted by Gasteiger charge is -2.03. The maximum absolute atomic E-state index is 5.61. The molecule has 0 radical (unpaired) electrons. The quantitative estimate of drug-likeness (QED) is 0.749. The van der Waals surface area contributed by atoms with Gasteiger partial charge in [0.25, 0.3) is 0 Å². The van der Waals surface area contributed by atoms with E-state index in [-0.39, 0.29) is 24.8 Å². The van der Waals surface area contributed by atoms with Crippen molar-refractivity contribution in [2.24, 2.45) is 0 Å². The summed E-state index contributed by atoms with van der Waals surface area (Å²) in [5.74, 6) is 0.488. The van der Waals surface area contributed by atoms with Crippen molar-refractivity contribution in [3.05, 3.63) is 48.9 Å². The van der Waals surface area contributed by atoms with Crippen LogP contribution in [0.4, 0.5) is 5.82 Å². The van der Waals surface area contributed by atoms with E-state index in [1.807, 2.05) is 24.3 Å². The van der Waals surface area contributed by atoms with Crippen molar-refractivity contribution in [2.75, 3.05) is 5.73 Å². The van der Waals surface area contributed by atoms with Crippen molar-refractivity contribution >= 4 is 41.7 Å². The Hall–Kier alpha value is -1.91. The lowest BCUT2D eigenvalue weighted by Crippen LogP contribution is -1.92. The molecule has 3 aromatic heterocycles. The first-order valence-electron chi connectivity index (χ1n) is 5.25. The van der Waals surface area contributed by atoms with E-state index in [1.54, 1.807) is 24.7 Å². The number of fused-ring (bicyclic) bond motifs is 1. The predicted octanol–water partition coefficient (Wildman–Crippen LogP) is 3.12. The average molecular weight is 295 g/mol. The monoisotopic (exact) mass is 294 g/mol. The van der Waals surface area contributed by atoms with Crippen molar-refractivity contribution in [3.63, 3.8) is 0 Å². The van der Waals surface area contributed by atoms with Crippen molar-refractivity contribution in [3.8, 4) is 11.1 Å². The minimum absolute atomic E-state index is 0. The van der Waals surface area contributed by atoms with Gasteiger partial charge in [0.05, 0.1) is 0 Å². The highest BCUT2D eigenvalue weighted by molar-refractivity contribution is 5.85. The highest BCUT2D eigenvalue weighted by Crippen LogP contribution is 2.21. The molecule has 98 valence electrons. The molecule has 0 spiro atoms. The number of anilines is 1. The van der Waals surface area contributed by atoms with Gasteiger partial charge in [0, 0.05) is 29.5 Å². The van der Waals surface area contributed by atoms with Crippen LogP contribution < -0.4 is 5.73 Å². The molecule has 0 aromatic carbocycles. The van der Waals surface area contributed by atoms with Crippen LogP contribution in [0.1, 0.15) is 0 Å². The third-order valence-corrected chi connectivity index (χ3v) is 2.58. The Kier molecular flexibility index (Phi) is 5.03. The lowest BCUT2D eigenvalue weighted by molar-refractivity contribution is 1.29. The summed E-state index contributed by atoms with van der Waals surface area (Å²) in [5.41, 5.74) is 8.42. The molecule has 19 heavy (non-hydrogen) atoms. The fraction of sp³-hybridized carbons (Fsp3) is 0. The number of pyridine rings is 3. The van der Waals surface area contributed by atoms with Gasteiger partial charge in [0.1, 0.15) is 5.82 Å². The topological polar surface area (TPSA) is 64.7 Å². The molecule has 0 aliphatic heterocycles. The van der Waals surface area contributed by atoms with Crippen LogP contribution in [0.5, 0.6) is 0 Å². The van der Waals surface area contributed by atoms with E-state index in [0.29, 0.717) is 11.5 Å². The van der Waals surface area contributed by atoms with E-state index in [0.717, 1.165) is 16.5 Å². The van der Waals surface area contributed by atoms with E-state index >= 15 is 0 Å². The Morgan fingerprint density at radius 1 is 0.895 bits per heavy atom. The maximum Gasteiger partial charge on any atom is 0.161 e. The summed E-state index contributed by atoms with van der Waals surface area (Å²) in [6.45, 7) is 0. The first-order chi connectivity index (χ1) is 8.33. The Balaban J connectivity index is 0.000000902. The van der Waals surface area contributed by atoms with Gasteiger partial charge in [-0.2, -0.15) is 0 Å². The number of nitrogens with two attached hydrogens (primary N) is 1. The van der Waals surface area contributed by atoms with Crippen LogP contribution in [-0.2, 0) is 0 Å². The van der Waals surface area contributed by atoms with Crippen molar-refractivity contribution < 1.29 is 0 Å². The number of nitrogen functional groups attached to an aromatic ring is 1. The molecule has 6 heteroatoms. The van der Waals surface area contributed by atoms with Gasteiger partial charge in [-0.15, -0.1) is 24.8 Å². The van der Waals surface area contributed by atoms with Crippen molar-refractivity contribution in [1.82, 2.24) is 15.0 Å². The largest absolute Gasteiger partial charge is 0.384 e. The van der Waals surface area contributed by atoms with Crippen LogP contribution in [0.2, 0.25) is 0 Å². The SMILES string of the molecule is Cl.Cl.Nc1ccc2cc(-c3ccncc3)cnc2n1. The zero-order valence-corrected chi connectivity index (χ0v) is 11.5. The molecule has 0 bridgehead atoms. The summed E-state index contributed by atoms with van der Waals surface area (Å²) < 4.78 is 0. The molecular formula is C13H12Cl2N4. The number of aromatic nitrogens is 3. The maximum atomic E-state index is 5.61. The number of nitrogens with zero attached hydrogens (tertiary/aromatic N) is 3. The molecule has 0 saturated carbocycles. The summed E-state index contributed by atoms with van der Waals surface area (Å²) in [6.07, 6.45) is 5.33. The van der Waals surface area contributed by atoms with Crippen LogP contribution in [-0.4, -0.2) is 15.0 Å². The summed E-state index contributed by atoms with van der Waals surface area (Å²) in [5, 5.41) is 0.980. The molecule has 3 rings (SSSR count). The van der Waals surface area contributed by atoms with E-state index in [2.05, 4.69) is 15.0 Å². The summed E-state index contributed by atoms with van der Waals surface area (Å²) >= 11 is 0. The van der Waals surface area contributed by atoms with Gasteiger partial charge in [0.2, 0.25) is 0 Å². The summed E-state index contributed by atoms with van der Waals surface area (Å²) in [6, 6.07) is 9.65. The number of halogens is 2. The molecule has 0 atom stereocenters. The van der Waals surface area contributed by atoms with Crippen LogP contribution in [0.15, 0.2) is 48.9 Å². The number of hydrogen-bond acceptors (Lipinski definition) is 4. The Labute approximate surface area is 122 Å². The molecular weight excluding hydrogens is 283 g/mol. The van der Waals surface area contributed by atoms with E-state index in [1.165, 1.54) is 0 Å². The molecule has 4 nitrogen and oxygen atoms in total. The molecule has 0 saturated heterocycles. The van der Waals surface area contributed by atoms with Gasteiger partial charge in [-0.3, -0.25) is 4.98 Å². The van der Waals surface area contributed by atoms with E-state index < -0.39 is 0 Å². The second-order valence-corrected chi connectivity index (χ2v) is 3.74. The fourth-order valence-electron chi connectivity index (χ4n) is 1.73. The highest BCUT2D eigenvalue weighted by atomic mass is 35.5. The van der Waals surface area contributed by atoms with Crippen LogP contribution in [0.25, 0.3) is 22.2 Å². The van der Waals surface area contributed by atoms with Gasteiger partial charge in [-0.25, -0.2) is 9.97 Å². The fourth-order valence-corrected chi connectivity index (χ4v) is 1.73. The van der Waals surface area contributed by atoms with Gasteiger partial charge in [-0.1, -0.05) is 0 Å². The highest BCUT2D eigenvalue weighted by Gasteiger charge is 2.01. The molecule has 3 heterocycles. The minimum atomic E-state index is 0. The average Bonchev–Trinajstić information content (AvgIpc) is 2.39. The first kappa shape index (κ1) is 15.1. The molecule has 3 aromatic rings. The van der Waals surface area contributed by atoms with Gasteiger partial charge >= 0.3 is 0 Å². The van der Waals surface area contributed by atoms with E-state index in [4.69, 9.17) is 5.73 Å². The molecule has 0 aliphatic carbocycles. The van der Waals surface area contributed by atoms with E-state index in [9.17, 15) is 0 Å². The molecule has 0 unspecified atom stereocenters. The van der Waals surface area contributed by atoms with Gasteiger partial charge in [-0.05, 0) is 35.9 Å². The summed E-state index contributed by atoms with van der Waals surface area (Å²) in [4.78, 5) is 12.5. The smallest absolute Gasteiger partial charge is 0.161 e. The normalized spacial score (nSPS) is 9.47. The summed E-state index contributed by atoms with van der Waals surface area (Å²) in [7, 11) is 0. The van der Waals surface area contributed by atoms with Crippen molar-refractivity contribution in [2.45, 2.75) is 0 Å².